The molecule has 4 unspecified atom stereocenters. The quantitative estimate of drug-likeness (QED) is 0.699. The third-order valence-corrected chi connectivity index (χ3v) is 5.18. The lowest BCUT2D eigenvalue weighted by Gasteiger charge is -2.16. The second-order valence-corrected chi connectivity index (χ2v) is 6.84. The second-order valence-electron chi connectivity index (χ2n) is 6.84. The molecule has 2 aromatic carbocycles. The van der Waals surface area contributed by atoms with Gasteiger partial charge in [0.15, 0.2) is 11.5 Å². The van der Waals surface area contributed by atoms with Gasteiger partial charge in [0.1, 0.15) is 5.75 Å². The molecule has 4 rings (SSSR count). The summed E-state index contributed by atoms with van der Waals surface area (Å²) in [6.07, 6.45) is -5.78. The summed E-state index contributed by atoms with van der Waals surface area (Å²) < 4.78 is 73.3. The largest absolute Gasteiger partial charge is 0.481 e. The van der Waals surface area contributed by atoms with Gasteiger partial charge < -0.3 is 19.7 Å². The summed E-state index contributed by atoms with van der Waals surface area (Å²) in [5, 5.41) is 19.5. The van der Waals surface area contributed by atoms with Gasteiger partial charge in [-0.3, -0.25) is 4.79 Å². The number of rotatable bonds is 5. The molecule has 0 heterocycles. The van der Waals surface area contributed by atoms with Crippen LogP contribution >= 0.6 is 0 Å². The van der Waals surface area contributed by atoms with Crippen LogP contribution in [0, 0.1) is 11.8 Å². The van der Waals surface area contributed by atoms with E-state index in [0.29, 0.717) is 23.3 Å². The number of aliphatic hydroxyl groups excluding tert-OH is 1. The van der Waals surface area contributed by atoms with Crippen molar-refractivity contribution < 1.29 is 46.4 Å². The highest BCUT2D eigenvalue weighted by molar-refractivity contribution is 5.78. The fraction of sp³-hybridized carbons (Fsp3) is 0.316. The van der Waals surface area contributed by atoms with Crippen LogP contribution < -0.4 is 9.47 Å². The zero-order chi connectivity index (χ0) is 21.1. The van der Waals surface area contributed by atoms with E-state index < -0.39 is 48.0 Å². The molecule has 0 spiro atoms. The van der Waals surface area contributed by atoms with Crippen molar-refractivity contribution in [3.8, 4) is 17.2 Å². The Hall–Kier alpha value is -2.88. The van der Waals surface area contributed by atoms with Crippen LogP contribution in [0.15, 0.2) is 36.4 Å². The first-order valence-electron chi connectivity index (χ1n) is 8.46. The van der Waals surface area contributed by atoms with Crippen molar-refractivity contribution in [2.45, 2.75) is 24.8 Å². The zero-order valence-corrected chi connectivity index (χ0v) is 14.4. The third kappa shape index (κ3) is 3.37. The van der Waals surface area contributed by atoms with E-state index in [9.17, 15) is 31.9 Å². The molecule has 1 fully saturated rings. The maximum atomic E-state index is 12.8. The van der Waals surface area contributed by atoms with Crippen LogP contribution in [-0.2, 0) is 11.0 Å². The lowest BCUT2D eigenvalue weighted by molar-refractivity contribution is -0.139. The number of hydrogen-bond acceptors (Lipinski definition) is 4. The van der Waals surface area contributed by atoms with E-state index in [1.54, 1.807) is 6.07 Å². The molecule has 0 bridgehead atoms. The number of ether oxygens (including phenoxy) is 2. The van der Waals surface area contributed by atoms with Crippen LogP contribution in [0.1, 0.15) is 28.7 Å². The number of fused-ring (bicyclic) bond motifs is 3. The minimum absolute atomic E-state index is 0.0786. The Kier molecular flexibility index (Phi) is 4.41. The summed E-state index contributed by atoms with van der Waals surface area (Å²) in [5.74, 6) is -3.48. The van der Waals surface area contributed by atoms with E-state index >= 15 is 0 Å². The van der Waals surface area contributed by atoms with Gasteiger partial charge >= 0.3 is 18.8 Å². The Bertz CT molecular complexity index is 974. The molecule has 4 atom stereocenters. The van der Waals surface area contributed by atoms with E-state index in [-0.39, 0.29) is 17.4 Å². The summed E-state index contributed by atoms with van der Waals surface area (Å²) in [6, 6.07) is 6.34. The molecule has 2 N–H and O–H groups in total. The Morgan fingerprint density at radius 1 is 1.03 bits per heavy atom. The van der Waals surface area contributed by atoms with Gasteiger partial charge in [-0.25, -0.2) is 0 Å². The average Bonchev–Trinajstić information content (AvgIpc) is 3.30. The first-order valence-corrected chi connectivity index (χ1v) is 8.46. The van der Waals surface area contributed by atoms with Gasteiger partial charge in [0.25, 0.3) is 0 Å². The highest BCUT2D eigenvalue weighted by Crippen LogP contribution is 2.66. The molecule has 1 saturated carbocycles. The molecule has 0 amide bonds. The van der Waals surface area contributed by atoms with Crippen molar-refractivity contribution in [3.63, 3.8) is 0 Å². The van der Waals surface area contributed by atoms with Crippen molar-refractivity contribution in [1.29, 1.82) is 0 Å². The highest BCUT2D eigenvalue weighted by atomic mass is 19.4. The lowest BCUT2D eigenvalue weighted by Crippen LogP contribution is -2.09. The summed E-state index contributed by atoms with van der Waals surface area (Å²) in [6.45, 7) is -3.36. The molecular weight excluding hydrogens is 403 g/mol. The van der Waals surface area contributed by atoms with E-state index in [1.807, 2.05) is 0 Å². The third-order valence-electron chi connectivity index (χ3n) is 5.18. The van der Waals surface area contributed by atoms with E-state index in [1.165, 1.54) is 12.1 Å². The maximum absolute atomic E-state index is 12.8. The van der Waals surface area contributed by atoms with Gasteiger partial charge in [-0.05, 0) is 41.5 Å². The maximum Gasteiger partial charge on any atom is 0.416 e. The molecule has 5 nitrogen and oxygen atoms in total. The van der Waals surface area contributed by atoms with E-state index in [2.05, 4.69) is 4.74 Å². The topological polar surface area (TPSA) is 76.0 Å². The lowest BCUT2D eigenvalue weighted by atomic mass is 10.00. The second kappa shape index (κ2) is 6.58. The molecule has 10 heteroatoms. The van der Waals surface area contributed by atoms with Crippen molar-refractivity contribution in [2.24, 2.45) is 11.8 Å². The molecule has 2 aliphatic rings. The van der Waals surface area contributed by atoms with Crippen molar-refractivity contribution >= 4 is 5.97 Å². The number of carboxylic acid groups (broad SMARTS) is 1. The standard InChI is InChI=1S/C19H13F5O5/c20-18(21)29-12-5-7(19(22,23)24)1-4-11(12)28-8-2-3-9-10(6-8)16(25)14-13(9)15(14)17(26)27/h1-6,13-16,18,25H,(H,26,27). The minimum Gasteiger partial charge on any atom is -0.481 e. The fourth-order valence-electron chi connectivity index (χ4n) is 3.91. The first-order chi connectivity index (χ1) is 13.6. The Morgan fingerprint density at radius 3 is 2.38 bits per heavy atom. The van der Waals surface area contributed by atoms with Crippen LogP contribution in [0.5, 0.6) is 17.2 Å². The smallest absolute Gasteiger partial charge is 0.416 e. The minimum atomic E-state index is -4.75. The molecular formula is C19H13F5O5. The van der Waals surface area contributed by atoms with E-state index in [0.717, 1.165) is 6.07 Å². The van der Waals surface area contributed by atoms with Crippen molar-refractivity contribution in [2.75, 3.05) is 0 Å². The SMILES string of the molecule is O=C(O)C1C2c3ccc(Oc4ccc(C(F)(F)F)cc4OC(F)F)cc3C(O)C12. The van der Waals surface area contributed by atoms with Gasteiger partial charge in [-0.1, -0.05) is 6.07 Å². The predicted octanol–water partition coefficient (Wildman–Crippen LogP) is 4.56. The van der Waals surface area contributed by atoms with Crippen LogP contribution in [0.3, 0.4) is 0 Å². The Morgan fingerprint density at radius 2 is 1.76 bits per heavy atom. The molecule has 2 aromatic rings. The molecule has 0 aromatic heterocycles. The fourth-order valence-corrected chi connectivity index (χ4v) is 3.91. The predicted molar refractivity (Wildman–Crippen MR) is 86.9 cm³/mol. The number of halogens is 5. The number of aliphatic carboxylic acids is 1. The molecule has 154 valence electrons. The number of benzene rings is 2. The monoisotopic (exact) mass is 416 g/mol. The Balaban J connectivity index is 1.62. The van der Waals surface area contributed by atoms with Gasteiger partial charge in [-0.2, -0.15) is 22.0 Å². The zero-order valence-electron chi connectivity index (χ0n) is 14.4. The molecule has 0 radical (unpaired) electrons. The number of carboxylic acids is 1. The normalized spacial score (nSPS) is 24.8. The van der Waals surface area contributed by atoms with Gasteiger partial charge in [0.05, 0.1) is 17.6 Å². The highest BCUT2D eigenvalue weighted by Gasteiger charge is 2.64. The number of hydrogen-bond donors (Lipinski definition) is 2. The van der Waals surface area contributed by atoms with Gasteiger partial charge in [-0.15, -0.1) is 0 Å². The van der Waals surface area contributed by atoms with Crippen LogP contribution in [0.2, 0.25) is 0 Å². The average molecular weight is 416 g/mol. The molecule has 0 saturated heterocycles. The van der Waals surface area contributed by atoms with Crippen molar-refractivity contribution in [3.05, 3.63) is 53.1 Å². The molecule has 0 aliphatic heterocycles. The summed E-state index contributed by atoms with van der Waals surface area (Å²) in [7, 11) is 0. The van der Waals surface area contributed by atoms with Crippen molar-refractivity contribution in [1.82, 2.24) is 0 Å². The summed E-state index contributed by atoms with van der Waals surface area (Å²) >= 11 is 0. The summed E-state index contributed by atoms with van der Waals surface area (Å²) in [4.78, 5) is 11.2. The Labute approximate surface area is 160 Å². The van der Waals surface area contributed by atoms with Crippen LogP contribution in [-0.4, -0.2) is 22.8 Å². The first kappa shape index (κ1) is 19.4. The van der Waals surface area contributed by atoms with E-state index in [4.69, 9.17) is 9.84 Å². The van der Waals surface area contributed by atoms with Crippen LogP contribution in [0.25, 0.3) is 0 Å². The molecule has 2 aliphatic carbocycles. The summed E-state index contributed by atoms with van der Waals surface area (Å²) in [5.41, 5.74) is -0.0818. The number of alkyl halides is 5. The van der Waals surface area contributed by atoms with Gasteiger partial charge in [0, 0.05) is 11.8 Å². The van der Waals surface area contributed by atoms with Gasteiger partial charge in [0.2, 0.25) is 0 Å². The number of carbonyl (C=O) groups is 1. The molecule has 29 heavy (non-hydrogen) atoms. The number of aliphatic hydroxyl groups is 1. The van der Waals surface area contributed by atoms with Crippen LogP contribution in [0.4, 0.5) is 22.0 Å².